The Kier molecular flexibility index (Phi) is 4.62. The third-order valence-corrected chi connectivity index (χ3v) is 2.12. The molecule has 1 heterocycles. The summed E-state index contributed by atoms with van der Waals surface area (Å²) in [7, 11) is 0. The number of rotatable bonds is 6. The number of carbonyl (C=O) groups excluding carboxylic acids is 1. The van der Waals surface area contributed by atoms with Crippen LogP contribution in [0.2, 0.25) is 0 Å². The Balaban J connectivity index is 2.49. The van der Waals surface area contributed by atoms with Gasteiger partial charge in [-0.1, -0.05) is 19.1 Å². The Morgan fingerprint density at radius 3 is 2.65 bits per heavy atom. The van der Waals surface area contributed by atoms with E-state index in [0.717, 1.165) is 0 Å². The minimum absolute atomic E-state index is 0.0259. The number of nitrogens with one attached hydrogen (secondary N) is 1. The second-order valence-corrected chi connectivity index (χ2v) is 4.19. The van der Waals surface area contributed by atoms with Crippen LogP contribution in [-0.2, 0) is 16.1 Å². The maximum Gasteiger partial charge on any atom is 0.326 e. The number of amides is 1. The lowest BCUT2D eigenvalue weighted by atomic mass is 10.0. The lowest BCUT2D eigenvalue weighted by Gasteiger charge is -2.16. The Labute approximate surface area is 98.8 Å². The first-order chi connectivity index (χ1) is 7.99. The predicted molar refractivity (Wildman–Crippen MR) is 59.0 cm³/mol. The van der Waals surface area contributed by atoms with Crippen LogP contribution < -0.4 is 5.32 Å². The van der Waals surface area contributed by atoms with Gasteiger partial charge in [-0.2, -0.15) is 0 Å². The Morgan fingerprint density at radius 1 is 1.47 bits per heavy atom. The van der Waals surface area contributed by atoms with E-state index in [9.17, 15) is 9.59 Å². The fourth-order valence-electron chi connectivity index (χ4n) is 1.40. The number of nitrogens with zero attached hydrogens (tertiary/aromatic N) is 3. The molecule has 1 atom stereocenters. The van der Waals surface area contributed by atoms with Crippen molar-refractivity contribution in [2.24, 2.45) is 5.92 Å². The SMILES string of the molecule is CC(C)CC(NC(=O)Cn1ccnn1)C(=O)O. The smallest absolute Gasteiger partial charge is 0.326 e. The molecule has 1 aromatic rings. The molecule has 1 aromatic heterocycles. The Bertz CT molecular complexity index is 375. The highest BCUT2D eigenvalue weighted by atomic mass is 16.4. The molecule has 94 valence electrons. The van der Waals surface area contributed by atoms with Gasteiger partial charge in [0, 0.05) is 6.20 Å². The minimum Gasteiger partial charge on any atom is -0.480 e. The second-order valence-electron chi connectivity index (χ2n) is 4.19. The van der Waals surface area contributed by atoms with E-state index in [1.807, 2.05) is 13.8 Å². The minimum atomic E-state index is -1.02. The quantitative estimate of drug-likeness (QED) is 0.723. The molecule has 0 spiro atoms. The molecule has 0 aliphatic heterocycles. The zero-order chi connectivity index (χ0) is 12.8. The zero-order valence-electron chi connectivity index (χ0n) is 9.83. The van der Waals surface area contributed by atoms with Crippen molar-refractivity contribution >= 4 is 11.9 Å². The second kappa shape index (κ2) is 5.97. The molecule has 17 heavy (non-hydrogen) atoms. The van der Waals surface area contributed by atoms with E-state index in [2.05, 4.69) is 15.6 Å². The summed E-state index contributed by atoms with van der Waals surface area (Å²) in [6.07, 6.45) is 3.40. The van der Waals surface area contributed by atoms with Gasteiger partial charge in [-0.05, 0) is 12.3 Å². The number of carboxylic acids is 1. The van der Waals surface area contributed by atoms with Crippen molar-refractivity contribution in [2.75, 3.05) is 0 Å². The number of hydrogen-bond acceptors (Lipinski definition) is 4. The fraction of sp³-hybridized carbons (Fsp3) is 0.600. The lowest BCUT2D eigenvalue weighted by Crippen LogP contribution is -2.43. The third-order valence-electron chi connectivity index (χ3n) is 2.12. The number of carbonyl (C=O) groups is 2. The molecule has 0 fully saturated rings. The van der Waals surface area contributed by atoms with Crippen LogP contribution in [0.25, 0.3) is 0 Å². The lowest BCUT2D eigenvalue weighted by molar-refractivity contribution is -0.142. The number of hydrogen-bond donors (Lipinski definition) is 2. The van der Waals surface area contributed by atoms with E-state index < -0.39 is 12.0 Å². The van der Waals surface area contributed by atoms with E-state index in [1.54, 1.807) is 0 Å². The molecule has 0 bridgehead atoms. The predicted octanol–water partition coefficient (Wildman–Crippen LogP) is -0.106. The summed E-state index contributed by atoms with van der Waals surface area (Å²) >= 11 is 0. The molecule has 7 nitrogen and oxygen atoms in total. The third kappa shape index (κ3) is 4.62. The van der Waals surface area contributed by atoms with Crippen LogP contribution in [-0.4, -0.2) is 38.0 Å². The molecule has 1 rings (SSSR count). The van der Waals surface area contributed by atoms with Gasteiger partial charge in [0.15, 0.2) is 0 Å². The number of carboxylic acid groups (broad SMARTS) is 1. The average molecular weight is 240 g/mol. The van der Waals surface area contributed by atoms with Gasteiger partial charge in [-0.25, -0.2) is 9.48 Å². The van der Waals surface area contributed by atoms with E-state index >= 15 is 0 Å². The van der Waals surface area contributed by atoms with Crippen LogP contribution in [0.4, 0.5) is 0 Å². The largest absolute Gasteiger partial charge is 0.480 e. The maximum atomic E-state index is 11.5. The van der Waals surface area contributed by atoms with Gasteiger partial charge in [-0.3, -0.25) is 4.79 Å². The van der Waals surface area contributed by atoms with Crippen molar-refractivity contribution in [1.82, 2.24) is 20.3 Å². The highest BCUT2D eigenvalue weighted by molar-refractivity contribution is 5.83. The topological polar surface area (TPSA) is 97.1 Å². The normalized spacial score (nSPS) is 12.4. The standard InChI is InChI=1S/C10H16N4O3/c1-7(2)5-8(10(16)17)12-9(15)6-14-4-3-11-13-14/h3-4,7-8H,5-6H2,1-2H3,(H,12,15)(H,16,17). The van der Waals surface area contributed by atoms with Crippen molar-refractivity contribution < 1.29 is 14.7 Å². The van der Waals surface area contributed by atoms with Crippen molar-refractivity contribution in [3.63, 3.8) is 0 Å². The van der Waals surface area contributed by atoms with Crippen LogP contribution in [0.5, 0.6) is 0 Å². The zero-order valence-corrected chi connectivity index (χ0v) is 9.83. The first-order valence-corrected chi connectivity index (χ1v) is 5.35. The van der Waals surface area contributed by atoms with Gasteiger partial charge < -0.3 is 10.4 Å². The van der Waals surface area contributed by atoms with Gasteiger partial charge in [0.05, 0.1) is 6.20 Å². The van der Waals surface area contributed by atoms with Gasteiger partial charge in [-0.15, -0.1) is 5.10 Å². The summed E-state index contributed by atoms with van der Waals surface area (Å²) in [6, 6.07) is -0.856. The van der Waals surface area contributed by atoms with Crippen LogP contribution in [0.1, 0.15) is 20.3 Å². The summed E-state index contributed by atoms with van der Waals surface area (Å²) in [6.45, 7) is 3.78. The van der Waals surface area contributed by atoms with Crippen LogP contribution in [0.3, 0.4) is 0 Å². The molecule has 2 N–H and O–H groups in total. The molecule has 0 aromatic carbocycles. The van der Waals surface area contributed by atoms with Crippen LogP contribution >= 0.6 is 0 Å². The van der Waals surface area contributed by atoms with Crippen molar-refractivity contribution in [3.8, 4) is 0 Å². The van der Waals surface area contributed by atoms with Gasteiger partial charge in [0.2, 0.25) is 5.91 Å². The van der Waals surface area contributed by atoms with Gasteiger partial charge >= 0.3 is 5.97 Å². The van der Waals surface area contributed by atoms with Crippen LogP contribution in [0, 0.1) is 5.92 Å². The summed E-state index contributed by atoms with van der Waals surface area (Å²) in [5.74, 6) is -1.21. The number of aromatic nitrogens is 3. The summed E-state index contributed by atoms with van der Waals surface area (Å²) < 4.78 is 1.34. The van der Waals surface area contributed by atoms with Gasteiger partial charge in [0.25, 0.3) is 0 Å². The van der Waals surface area contributed by atoms with E-state index in [0.29, 0.717) is 6.42 Å². The molecule has 1 unspecified atom stereocenters. The molecule has 7 heteroatoms. The first kappa shape index (κ1) is 13.1. The molecule has 0 saturated heterocycles. The molecule has 0 radical (unpaired) electrons. The highest BCUT2D eigenvalue weighted by Crippen LogP contribution is 2.04. The summed E-state index contributed by atoms with van der Waals surface area (Å²) in [5.41, 5.74) is 0. The first-order valence-electron chi connectivity index (χ1n) is 5.35. The highest BCUT2D eigenvalue weighted by Gasteiger charge is 2.21. The van der Waals surface area contributed by atoms with Crippen molar-refractivity contribution in [2.45, 2.75) is 32.9 Å². The van der Waals surface area contributed by atoms with Gasteiger partial charge in [0.1, 0.15) is 12.6 Å². The molecule has 0 aliphatic rings. The van der Waals surface area contributed by atoms with E-state index in [1.165, 1.54) is 17.1 Å². The molecule has 0 aliphatic carbocycles. The average Bonchev–Trinajstić information content (AvgIpc) is 2.68. The summed E-state index contributed by atoms with van der Waals surface area (Å²) in [5, 5.41) is 18.6. The Hall–Kier alpha value is -1.92. The number of aliphatic carboxylic acids is 1. The molecular weight excluding hydrogens is 224 g/mol. The van der Waals surface area contributed by atoms with Crippen LogP contribution in [0.15, 0.2) is 12.4 Å². The molecule has 1 amide bonds. The van der Waals surface area contributed by atoms with E-state index in [4.69, 9.17) is 5.11 Å². The monoisotopic (exact) mass is 240 g/mol. The van der Waals surface area contributed by atoms with E-state index in [-0.39, 0.29) is 18.4 Å². The molecule has 0 saturated carbocycles. The maximum absolute atomic E-state index is 11.5. The fourth-order valence-corrected chi connectivity index (χ4v) is 1.40. The summed E-state index contributed by atoms with van der Waals surface area (Å²) in [4.78, 5) is 22.5. The van der Waals surface area contributed by atoms with Crippen molar-refractivity contribution in [3.05, 3.63) is 12.4 Å². The molecular formula is C10H16N4O3. The Morgan fingerprint density at radius 2 is 2.18 bits per heavy atom. The van der Waals surface area contributed by atoms with Crippen molar-refractivity contribution in [1.29, 1.82) is 0 Å².